The highest BCUT2D eigenvalue weighted by Gasteiger charge is 2.35. The van der Waals surface area contributed by atoms with Crippen molar-refractivity contribution >= 4 is 21.6 Å². The summed E-state index contributed by atoms with van der Waals surface area (Å²) in [5.74, 6) is 0.0154. The van der Waals surface area contributed by atoms with Gasteiger partial charge in [0, 0.05) is 6.54 Å². The molecule has 2 aromatic carbocycles. The number of fused-ring (bicyclic) bond motifs is 1. The van der Waals surface area contributed by atoms with Gasteiger partial charge in [0.2, 0.25) is 10.0 Å². The molecule has 0 spiro atoms. The van der Waals surface area contributed by atoms with E-state index < -0.39 is 16.1 Å². The first kappa shape index (κ1) is 18.3. The third-order valence-corrected chi connectivity index (χ3v) is 6.06. The quantitative estimate of drug-likeness (QED) is 0.871. The van der Waals surface area contributed by atoms with Gasteiger partial charge in [-0.15, -0.1) is 0 Å². The average Bonchev–Trinajstić information content (AvgIpc) is 2.66. The van der Waals surface area contributed by atoms with Crippen LogP contribution in [0.4, 0.5) is 5.69 Å². The Balaban J connectivity index is 1.76. The number of benzene rings is 2. The van der Waals surface area contributed by atoms with Crippen LogP contribution in [-0.4, -0.2) is 32.7 Å². The molecule has 0 radical (unpaired) electrons. The van der Waals surface area contributed by atoms with E-state index in [4.69, 9.17) is 4.74 Å². The summed E-state index contributed by atoms with van der Waals surface area (Å²) in [6.45, 7) is 3.91. The predicted octanol–water partition coefficient (Wildman–Crippen LogP) is 2.23. The molecule has 0 saturated heterocycles. The summed E-state index contributed by atoms with van der Waals surface area (Å²) < 4.78 is 31.9. The van der Waals surface area contributed by atoms with Crippen molar-refractivity contribution in [1.82, 2.24) is 5.32 Å². The van der Waals surface area contributed by atoms with Crippen molar-refractivity contribution < 1.29 is 17.9 Å². The van der Waals surface area contributed by atoms with Crippen LogP contribution in [-0.2, 0) is 21.4 Å². The highest BCUT2D eigenvalue weighted by Crippen LogP contribution is 2.35. The molecule has 1 atom stereocenters. The highest BCUT2D eigenvalue weighted by atomic mass is 32.2. The van der Waals surface area contributed by atoms with Crippen LogP contribution in [0.2, 0.25) is 0 Å². The van der Waals surface area contributed by atoms with Gasteiger partial charge in [0.05, 0.1) is 18.0 Å². The molecule has 26 heavy (non-hydrogen) atoms. The topological polar surface area (TPSA) is 75.7 Å². The largest absolute Gasteiger partial charge is 0.476 e. The zero-order valence-electron chi connectivity index (χ0n) is 14.8. The lowest BCUT2D eigenvalue weighted by Gasteiger charge is -2.34. The van der Waals surface area contributed by atoms with Crippen molar-refractivity contribution in [2.24, 2.45) is 0 Å². The number of rotatable bonds is 5. The van der Waals surface area contributed by atoms with E-state index in [0.29, 0.717) is 18.0 Å². The molecule has 2 aromatic rings. The van der Waals surface area contributed by atoms with E-state index >= 15 is 0 Å². The van der Waals surface area contributed by atoms with E-state index in [0.717, 1.165) is 11.1 Å². The van der Waals surface area contributed by atoms with Gasteiger partial charge in [-0.25, -0.2) is 8.42 Å². The maximum Gasteiger partial charge on any atom is 0.263 e. The fourth-order valence-electron chi connectivity index (χ4n) is 2.77. The number of ether oxygens (including phenoxy) is 1. The molecule has 0 bridgehead atoms. The van der Waals surface area contributed by atoms with Gasteiger partial charge in [-0.05, 0) is 31.5 Å². The van der Waals surface area contributed by atoms with E-state index in [2.05, 4.69) is 5.32 Å². The van der Waals surface area contributed by atoms with E-state index in [9.17, 15) is 13.2 Å². The molecule has 3 rings (SSSR count). The minimum Gasteiger partial charge on any atom is -0.476 e. The number of aryl methyl sites for hydroxylation is 1. The average molecular weight is 374 g/mol. The van der Waals surface area contributed by atoms with Crippen LogP contribution in [0.3, 0.4) is 0 Å². The fraction of sp³-hybridized carbons (Fsp3) is 0.316. The second-order valence-corrected chi connectivity index (χ2v) is 8.39. The SMILES string of the molecule is CCS(=O)(=O)N1C[C@H](C(=O)NCc2ccc(C)cc2)Oc2ccccc21. The Kier molecular flexibility index (Phi) is 5.18. The summed E-state index contributed by atoms with van der Waals surface area (Å²) in [4.78, 5) is 12.6. The van der Waals surface area contributed by atoms with Crippen LogP contribution >= 0.6 is 0 Å². The fourth-order valence-corrected chi connectivity index (χ4v) is 3.89. The molecule has 0 aliphatic carbocycles. The van der Waals surface area contributed by atoms with Gasteiger partial charge < -0.3 is 10.1 Å². The van der Waals surface area contributed by atoms with Crippen molar-refractivity contribution in [1.29, 1.82) is 0 Å². The summed E-state index contributed by atoms with van der Waals surface area (Å²) in [7, 11) is -3.50. The maximum atomic E-state index is 12.6. The Labute approximate surface area is 153 Å². The Morgan fingerprint density at radius 3 is 2.58 bits per heavy atom. The number of sulfonamides is 1. The predicted molar refractivity (Wildman–Crippen MR) is 101 cm³/mol. The van der Waals surface area contributed by atoms with Crippen LogP contribution in [0.5, 0.6) is 5.75 Å². The molecule has 1 N–H and O–H groups in total. The van der Waals surface area contributed by atoms with E-state index in [1.807, 2.05) is 31.2 Å². The monoisotopic (exact) mass is 374 g/mol. The summed E-state index contributed by atoms with van der Waals surface area (Å²) in [5.41, 5.74) is 2.59. The first-order chi connectivity index (χ1) is 12.4. The first-order valence-electron chi connectivity index (χ1n) is 8.50. The van der Waals surface area contributed by atoms with E-state index in [-0.39, 0.29) is 18.2 Å². The van der Waals surface area contributed by atoms with Crippen molar-refractivity contribution in [3.8, 4) is 5.75 Å². The van der Waals surface area contributed by atoms with Crippen LogP contribution < -0.4 is 14.4 Å². The Bertz CT molecular complexity index is 894. The molecule has 1 amide bonds. The van der Waals surface area contributed by atoms with Gasteiger partial charge in [0.1, 0.15) is 5.75 Å². The normalized spacial score (nSPS) is 16.5. The second-order valence-electron chi connectivity index (χ2n) is 6.21. The van der Waals surface area contributed by atoms with Gasteiger partial charge in [0.25, 0.3) is 5.91 Å². The molecule has 0 unspecified atom stereocenters. The lowest BCUT2D eigenvalue weighted by Crippen LogP contribution is -2.50. The number of nitrogens with one attached hydrogen (secondary N) is 1. The third kappa shape index (κ3) is 3.83. The molecule has 0 aromatic heterocycles. The summed E-state index contributed by atoms with van der Waals surface area (Å²) >= 11 is 0. The summed E-state index contributed by atoms with van der Waals surface area (Å²) in [6.07, 6.45) is -0.892. The molecular formula is C19H22N2O4S. The molecule has 1 aliphatic heterocycles. The number of carbonyl (C=O) groups excluding carboxylic acids is 1. The third-order valence-electron chi connectivity index (χ3n) is 4.32. The zero-order chi connectivity index (χ0) is 18.7. The van der Waals surface area contributed by atoms with Gasteiger partial charge in [-0.2, -0.15) is 0 Å². The number of hydrogen-bond donors (Lipinski definition) is 1. The number of anilines is 1. The highest BCUT2D eigenvalue weighted by molar-refractivity contribution is 7.92. The Morgan fingerprint density at radius 2 is 1.88 bits per heavy atom. The Hall–Kier alpha value is -2.54. The van der Waals surface area contributed by atoms with Crippen molar-refractivity contribution in [2.75, 3.05) is 16.6 Å². The minimum atomic E-state index is -3.50. The smallest absolute Gasteiger partial charge is 0.263 e. The lowest BCUT2D eigenvalue weighted by atomic mass is 10.1. The lowest BCUT2D eigenvalue weighted by molar-refractivity contribution is -0.127. The van der Waals surface area contributed by atoms with E-state index in [1.165, 1.54) is 4.31 Å². The van der Waals surface area contributed by atoms with Gasteiger partial charge in [-0.3, -0.25) is 9.10 Å². The second kappa shape index (κ2) is 7.37. The molecule has 0 saturated carbocycles. The van der Waals surface area contributed by atoms with Gasteiger partial charge in [-0.1, -0.05) is 42.0 Å². The van der Waals surface area contributed by atoms with Crippen LogP contribution in [0.1, 0.15) is 18.1 Å². The van der Waals surface area contributed by atoms with Crippen molar-refractivity contribution in [3.05, 3.63) is 59.7 Å². The van der Waals surface area contributed by atoms with Crippen LogP contribution in [0, 0.1) is 6.92 Å². The van der Waals surface area contributed by atoms with E-state index in [1.54, 1.807) is 31.2 Å². The first-order valence-corrected chi connectivity index (χ1v) is 10.1. The minimum absolute atomic E-state index is 0.0348. The zero-order valence-corrected chi connectivity index (χ0v) is 15.6. The Morgan fingerprint density at radius 1 is 1.19 bits per heavy atom. The summed E-state index contributed by atoms with van der Waals surface area (Å²) in [6, 6.07) is 14.7. The van der Waals surface area contributed by atoms with Gasteiger partial charge >= 0.3 is 0 Å². The molecule has 138 valence electrons. The maximum absolute atomic E-state index is 12.6. The number of carbonyl (C=O) groups is 1. The van der Waals surface area contributed by atoms with Crippen molar-refractivity contribution in [3.63, 3.8) is 0 Å². The molecule has 7 heteroatoms. The molecule has 1 heterocycles. The van der Waals surface area contributed by atoms with Crippen LogP contribution in [0.15, 0.2) is 48.5 Å². The molecule has 6 nitrogen and oxygen atoms in total. The molecule has 1 aliphatic rings. The van der Waals surface area contributed by atoms with Crippen LogP contribution in [0.25, 0.3) is 0 Å². The molecule has 0 fully saturated rings. The standard InChI is InChI=1S/C19H22N2O4S/c1-3-26(23,24)21-13-18(25-17-7-5-4-6-16(17)21)19(22)20-12-15-10-8-14(2)9-11-15/h4-11,18H,3,12-13H2,1-2H3,(H,20,22)/t18-/m1/s1. The number of hydrogen-bond acceptors (Lipinski definition) is 4. The van der Waals surface area contributed by atoms with Crippen molar-refractivity contribution in [2.45, 2.75) is 26.5 Å². The van der Waals surface area contributed by atoms with Gasteiger partial charge in [0.15, 0.2) is 6.10 Å². The number of amides is 1. The number of nitrogens with zero attached hydrogens (tertiary/aromatic N) is 1. The summed E-state index contributed by atoms with van der Waals surface area (Å²) in [5, 5.41) is 2.82. The number of para-hydroxylation sites is 2. The molecular weight excluding hydrogens is 352 g/mol.